The van der Waals surface area contributed by atoms with Crippen LogP contribution < -0.4 is 21.7 Å². The van der Waals surface area contributed by atoms with E-state index in [4.69, 9.17) is 14.6 Å². The van der Waals surface area contributed by atoms with Gasteiger partial charge in [-0.3, -0.25) is 20.4 Å². The van der Waals surface area contributed by atoms with Crippen LogP contribution in [0.15, 0.2) is 12.2 Å². The third-order valence-electron chi connectivity index (χ3n) is 2.43. The number of rotatable bonds is 12. The summed E-state index contributed by atoms with van der Waals surface area (Å²) in [7, 11) is 2.97. The van der Waals surface area contributed by atoms with Crippen molar-refractivity contribution in [2.45, 2.75) is 0 Å². The van der Waals surface area contributed by atoms with Crippen molar-refractivity contribution in [1.29, 1.82) is 0 Å². The summed E-state index contributed by atoms with van der Waals surface area (Å²) in [5.74, 6) is -4.70. The van der Waals surface area contributed by atoms with Gasteiger partial charge in [0.1, 0.15) is 0 Å². The van der Waals surface area contributed by atoms with Crippen LogP contribution in [0, 0.1) is 5.92 Å². The quantitative estimate of drug-likeness (QED) is 0.118. The molecule has 0 aromatic heterocycles. The Morgan fingerprint density at radius 3 is 1.73 bits per heavy atom. The monoisotopic (exact) mass is 318 g/mol. The molecule has 0 bridgehead atoms. The molecule has 0 aromatic rings. The van der Waals surface area contributed by atoms with Crippen LogP contribution in [-0.2, 0) is 23.9 Å². The number of nitrogens with one attached hydrogen (secondary N) is 4. The van der Waals surface area contributed by atoms with Crippen LogP contribution in [0.25, 0.3) is 0 Å². The fourth-order valence-electron chi connectivity index (χ4n) is 1.31. The Bertz CT molecular complexity index is 377. The number of methoxy groups -OCH3 is 2. The summed E-state index contributed by atoms with van der Waals surface area (Å²) in [6.45, 7) is 4.51. The highest BCUT2D eigenvalue weighted by Gasteiger charge is 2.33. The van der Waals surface area contributed by atoms with Gasteiger partial charge in [-0.05, 0) is 0 Å². The van der Waals surface area contributed by atoms with Gasteiger partial charge in [-0.1, -0.05) is 6.58 Å². The molecule has 0 saturated heterocycles. The smallest absolute Gasteiger partial charge is 0.332 e. The van der Waals surface area contributed by atoms with E-state index in [0.29, 0.717) is 26.3 Å². The predicted molar refractivity (Wildman–Crippen MR) is 76.3 cm³/mol. The Balaban J connectivity index is 4.60. The predicted octanol–water partition coefficient (Wildman–Crippen LogP) is -2.22. The van der Waals surface area contributed by atoms with E-state index in [-0.39, 0.29) is 0 Å². The van der Waals surface area contributed by atoms with Crippen molar-refractivity contribution in [3.8, 4) is 0 Å². The van der Waals surface area contributed by atoms with Crippen LogP contribution in [0.2, 0.25) is 0 Å². The molecule has 0 radical (unpaired) electrons. The lowest BCUT2D eigenvalue weighted by Crippen LogP contribution is -2.51. The van der Waals surface area contributed by atoms with E-state index in [2.05, 4.69) is 28.3 Å². The van der Waals surface area contributed by atoms with Crippen LogP contribution in [0.4, 0.5) is 0 Å². The molecule has 0 aliphatic heterocycles. The fraction of sp³-hybridized carbons (Fsp3) is 0.583. The second kappa shape index (κ2) is 11.6. The number of carboxylic acid groups (broad SMARTS) is 1. The average Bonchev–Trinajstić information content (AvgIpc) is 2.48. The van der Waals surface area contributed by atoms with Crippen molar-refractivity contribution >= 4 is 17.8 Å². The number of amides is 2. The lowest BCUT2D eigenvalue weighted by Gasteiger charge is -2.17. The number of carboxylic acids is 1. The normalized spacial score (nSPS) is 10.3. The summed E-state index contributed by atoms with van der Waals surface area (Å²) < 4.78 is 9.53. The number of hydrogen-bond donors (Lipinski definition) is 5. The van der Waals surface area contributed by atoms with Gasteiger partial charge in [0.2, 0.25) is 0 Å². The Morgan fingerprint density at radius 1 is 1.00 bits per heavy atom. The van der Waals surface area contributed by atoms with E-state index in [0.717, 1.165) is 0 Å². The first-order valence-electron chi connectivity index (χ1n) is 6.41. The molecule has 10 heteroatoms. The number of ether oxygens (including phenoxy) is 2. The lowest BCUT2D eigenvalue weighted by molar-refractivity contribution is -0.140. The fourth-order valence-corrected chi connectivity index (χ4v) is 1.31. The van der Waals surface area contributed by atoms with Crippen LogP contribution in [0.1, 0.15) is 0 Å². The van der Waals surface area contributed by atoms with Crippen molar-refractivity contribution in [2.24, 2.45) is 5.92 Å². The zero-order chi connectivity index (χ0) is 17.0. The first-order valence-corrected chi connectivity index (χ1v) is 6.41. The van der Waals surface area contributed by atoms with Crippen molar-refractivity contribution in [1.82, 2.24) is 21.7 Å². The van der Waals surface area contributed by atoms with Gasteiger partial charge in [-0.15, -0.1) is 0 Å². The average molecular weight is 318 g/mol. The van der Waals surface area contributed by atoms with Gasteiger partial charge in [-0.2, -0.15) is 0 Å². The number of aliphatic carboxylic acids is 1. The van der Waals surface area contributed by atoms with Crippen molar-refractivity contribution in [3.63, 3.8) is 0 Å². The highest BCUT2D eigenvalue weighted by atomic mass is 16.5. The third kappa shape index (κ3) is 7.69. The molecule has 10 nitrogen and oxygen atoms in total. The Kier molecular flexibility index (Phi) is 10.6. The first kappa shape index (κ1) is 20.0. The van der Waals surface area contributed by atoms with E-state index in [9.17, 15) is 14.4 Å². The molecule has 0 heterocycles. The molecule has 0 aliphatic rings. The summed E-state index contributed by atoms with van der Waals surface area (Å²) in [5, 5.41) is 8.93. The minimum Gasteiger partial charge on any atom is -0.478 e. The number of hydrazine groups is 2. The maximum atomic E-state index is 11.9. The molecule has 0 saturated carbocycles. The lowest BCUT2D eigenvalue weighted by atomic mass is 9.99. The molecule has 0 aromatic carbocycles. The van der Waals surface area contributed by atoms with Gasteiger partial charge in [-0.25, -0.2) is 15.6 Å². The Labute approximate surface area is 128 Å². The van der Waals surface area contributed by atoms with Gasteiger partial charge < -0.3 is 14.6 Å². The molecular formula is C12H22N4O6. The Morgan fingerprint density at radius 2 is 1.41 bits per heavy atom. The zero-order valence-corrected chi connectivity index (χ0v) is 12.6. The van der Waals surface area contributed by atoms with Gasteiger partial charge in [0, 0.05) is 27.3 Å². The van der Waals surface area contributed by atoms with E-state index >= 15 is 0 Å². The highest BCUT2D eigenvalue weighted by Crippen LogP contribution is 2.09. The largest absolute Gasteiger partial charge is 0.478 e. The Hall–Kier alpha value is -2.01. The molecule has 0 atom stereocenters. The van der Waals surface area contributed by atoms with E-state index < -0.39 is 29.3 Å². The summed E-state index contributed by atoms with van der Waals surface area (Å²) in [5.41, 5.74) is 8.94. The minimum atomic E-state index is -1.58. The van der Waals surface area contributed by atoms with Crippen LogP contribution >= 0.6 is 0 Å². The summed E-state index contributed by atoms with van der Waals surface area (Å²) in [6, 6.07) is 0. The van der Waals surface area contributed by atoms with Crippen molar-refractivity contribution < 1.29 is 29.0 Å². The molecule has 5 N–H and O–H groups in total. The summed E-state index contributed by atoms with van der Waals surface area (Å²) in [6.07, 6.45) is 0. The molecule has 0 spiro atoms. The highest BCUT2D eigenvalue weighted by molar-refractivity contribution is 6.09. The van der Waals surface area contributed by atoms with Gasteiger partial charge in [0.25, 0.3) is 11.8 Å². The summed E-state index contributed by atoms with van der Waals surface area (Å²) >= 11 is 0. The second-order valence-electron chi connectivity index (χ2n) is 4.08. The molecule has 0 fully saturated rings. The van der Waals surface area contributed by atoms with Crippen molar-refractivity contribution in [3.05, 3.63) is 12.2 Å². The third-order valence-corrected chi connectivity index (χ3v) is 2.43. The molecule has 0 aliphatic carbocycles. The van der Waals surface area contributed by atoms with E-state index in [1.165, 1.54) is 14.2 Å². The molecular weight excluding hydrogens is 296 g/mol. The SMILES string of the molecule is C=C(C(=O)O)C(C(=O)NNCCOC)C(=O)NNCCOC. The van der Waals surface area contributed by atoms with Crippen LogP contribution in [0.3, 0.4) is 0 Å². The zero-order valence-electron chi connectivity index (χ0n) is 12.6. The van der Waals surface area contributed by atoms with Gasteiger partial charge in [0.05, 0.1) is 18.8 Å². The first-order chi connectivity index (χ1) is 10.5. The van der Waals surface area contributed by atoms with Crippen LogP contribution in [-0.4, -0.2) is 63.4 Å². The molecule has 126 valence electrons. The molecule has 2 amide bonds. The molecule has 0 unspecified atom stereocenters. The maximum Gasteiger partial charge on any atom is 0.332 e. The van der Waals surface area contributed by atoms with Gasteiger partial charge in [0.15, 0.2) is 5.92 Å². The van der Waals surface area contributed by atoms with E-state index in [1.54, 1.807) is 0 Å². The van der Waals surface area contributed by atoms with Gasteiger partial charge >= 0.3 is 5.97 Å². The molecule has 0 rings (SSSR count). The van der Waals surface area contributed by atoms with E-state index in [1.807, 2.05) is 0 Å². The number of carbonyl (C=O) groups excluding carboxylic acids is 2. The second-order valence-corrected chi connectivity index (χ2v) is 4.08. The standard InChI is InChI=1S/C12H22N4O6/c1-8(12(19)20)9(10(17)15-13-4-6-21-2)11(18)16-14-5-7-22-3/h9,13-14H,1,4-7H2,2-3H3,(H,15,17)(H,16,18)(H,19,20). The maximum absolute atomic E-state index is 11.9. The topological polar surface area (TPSA) is 138 Å². The van der Waals surface area contributed by atoms with Crippen LogP contribution in [0.5, 0.6) is 0 Å². The number of hydrogen-bond acceptors (Lipinski definition) is 7. The minimum absolute atomic E-state index is 0.294. The number of carbonyl (C=O) groups is 3. The molecule has 22 heavy (non-hydrogen) atoms. The summed E-state index contributed by atoms with van der Waals surface area (Å²) in [4.78, 5) is 34.8. The van der Waals surface area contributed by atoms with Crippen molar-refractivity contribution in [2.75, 3.05) is 40.5 Å².